The van der Waals surface area contributed by atoms with Gasteiger partial charge in [0.15, 0.2) is 0 Å². The second kappa shape index (κ2) is 6.39. The molecule has 56 valence electrons. The zero-order valence-electron chi connectivity index (χ0n) is 5.41. The number of methoxy groups -OCH3 is 1. The highest BCUT2D eigenvalue weighted by molar-refractivity contribution is 7.43. The van der Waals surface area contributed by atoms with Crippen LogP contribution in [0.3, 0.4) is 0 Å². The van der Waals surface area contributed by atoms with Crippen molar-refractivity contribution < 1.29 is 14.2 Å². The summed E-state index contributed by atoms with van der Waals surface area (Å²) >= 11 is 0. The molecule has 0 aliphatic rings. The molecular weight excluding hydrogens is 141 g/mol. The second-order valence-electron chi connectivity index (χ2n) is 1.48. The fourth-order valence-corrected chi connectivity index (χ4v) is 0.678. The van der Waals surface area contributed by atoms with Crippen molar-refractivity contribution in [2.24, 2.45) is 5.50 Å². The van der Waals surface area contributed by atoms with E-state index < -0.39 is 8.53 Å². The highest BCUT2D eigenvalue weighted by Gasteiger charge is 1.93. The first kappa shape index (κ1) is 9.27. The molecule has 0 aliphatic carbocycles. The van der Waals surface area contributed by atoms with E-state index in [0.717, 1.165) is 6.42 Å². The SMILES string of the molecule is COCCCOP(N)O. The van der Waals surface area contributed by atoms with E-state index in [0.29, 0.717) is 13.2 Å². The summed E-state index contributed by atoms with van der Waals surface area (Å²) in [6.07, 6.45) is 0.771. The standard InChI is InChI=1S/C4H12NO3P/c1-7-3-2-4-8-9(5)6/h6H,2-5H2,1H3. The van der Waals surface area contributed by atoms with E-state index in [1.165, 1.54) is 0 Å². The summed E-state index contributed by atoms with van der Waals surface area (Å²) in [5, 5.41) is 0. The monoisotopic (exact) mass is 153 g/mol. The van der Waals surface area contributed by atoms with Crippen LogP contribution in [0.1, 0.15) is 6.42 Å². The second-order valence-corrected chi connectivity index (χ2v) is 2.35. The van der Waals surface area contributed by atoms with Crippen molar-refractivity contribution in [1.82, 2.24) is 0 Å². The van der Waals surface area contributed by atoms with Gasteiger partial charge in [-0.1, -0.05) is 0 Å². The Labute approximate surface area is 55.9 Å². The van der Waals surface area contributed by atoms with Crippen molar-refractivity contribution in [3.8, 4) is 0 Å². The van der Waals surface area contributed by atoms with Crippen LogP contribution in [-0.4, -0.2) is 25.2 Å². The fourth-order valence-electron chi connectivity index (χ4n) is 0.361. The molecule has 1 unspecified atom stereocenters. The Morgan fingerprint density at radius 1 is 1.56 bits per heavy atom. The number of hydrogen-bond donors (Lipinski definition) is 2. The summed E-state index contributed by atoms with van der Waals surface area (Å²) < 4.78 is 9.39. The average Bonchev–Trinajstić information content (AvgIpc) is 1.80. The molecular formula is C4H12NO3P. The molecule has 0 saturated heterocycles. The maximum Gasteiger partial charge on any atom is 0.250 e. The lowest BCUT2D eigenvalue weighted by Gasteiger charge is -2.02. The third-order valence-electron chi connectivity index (χ3n) is 0.716. The maximum atomic E-state index is 8.43. The van der Waals surface area contributed by atoms with E-state index in [4.69, 9.17) is 15.1 Å². The first-order valence-corrected chi connectivity index (χ1v) is 3.91. The molecule has 0 saturated carbocycles. The molecule has 0 rings (SSSR count). The lowest BCUT2D eigenvalue weighted by atomic mass is 10.5. The van der Waals surface area contributed by atoms with E-state index in [2.05, 4.69) is 4.52 Å². The van der Waals surface area contributed by atoms with E-state index in [1.54, 1.807) is 7.11 Å². The molecule has 0 bridgehead atoms. The summed E-state index contributed by atoms with van der Waals surface area (Å²) in [4.78, 5) is 8.43. The molecule has 0 fully saturated rings. The van der Waals surface area contributed by atoms with Crippen LogP contribution in [0.15, 0.2) is 0 Å². The quantitative estimate of drug-likeness (QED) is 0.438. The minimum Gasteiger partial charge on any atom is -0.385 e. The molecule has 3 N–H and O–H groups in total. The Balaban J connectivity index is 2.75. The van der Waals surface area contributed by atoms with Gasteiger partial charge in [0.2, 0.25) is 8.53 Å². The molecule has 0 radical (unpaired) electrons. The predicted octanol–water partition coefficient (Wildman–Crippen LogP) is 0.217. The van der Waals surface area contributed by atoms with Gasteiger partial charge in [-0.05, 0) is 6.42 Å². The molecule has 5 heteroatoms. The fraction of sp³-hybridized carbons (Fsp3) is 1.00. The topological polar surface area (TPSA) is 64.7 Å². The molecule has 0 spiro atoms. The molecule has 0 aliphatic heterocycles. The van der Waals surface area contributed by atoms with E-state index >= 15 is 0 Å². The van der Waals surface area contributed by atoms with Crippen LogP contribution < -0.4 is 5.50 Å². The van der Waals surface area contributed by atoms with Crippen LogP contribution in [0.4, 0.5) is 0 Å². The number of nitrogens with two attached hydrogens (primary N) is 1. The van der Waals surface area contributed by atoms with E-state index in [-0.39, 0.29) is 0 Å². The minimum atomic E-state index is -1.67. The number of hydrogen-bond acceptors (Lipinski definition) is 4. The Bertz CT molecular complexity index is 61.8. The number of ether oxygens (including phenoxy) is 1. The molecule has 0 heterocycles. The van der Waals surface area contributed by atoms with Crippen LogP contribution in [0.2, 0.25) is 0 Å². The van der Waals surface area contributed by atoms with Gasteiger partial charge < -0.3 is 14.2 Å². The van der Waals surface area contributed by atoms with Crippen molar-refractivity contribution in [2.75, 3.05) is 20.3 Å². The normalized spacial score (nSPS) is 13.7. The van der Waals surface area contributed by atoms with Crippen LogP contribution in [0.5, 0.6) is 0 Å². The van der Waals surface area contributed by atoms with Gasteiger partial charge in [-0.2, -0.15) is 0 Å². The lowest BCUT2D eigenvalue weighted by molar-refractivity contribution is 0.172. The summed E-state index contributed by atoms with van der Waals surface area (Å²) in [5.74, 6) is 0. The van der Waals surface area contributed by atoms with Crippen LogP contribution in [0, 0.1) is 0 Å². The average molecular weight is 153 g/mol. The van der Waals surface area contributed by atoms with Crippen LogP contribution in [-0.2, 0) is 9.26 Å². The highest BCUT2D eigenvalue weighted by Crippen LogP contribution is 2.18. The lowest BCUT2D eigenvalue weighted by Crippen LogP contribution is -1.98. The summed E-state index contributed by atoms with van der Waals surface area (Å²) in [7, 11) is -0.0574. The molecule has 9 heavy (non-hydrogen) atoms. The third kappa shape index (κ3) is 8.27. The first-order chi connectivity index (χ1) is 4.27. The molecule has 0 aromatic rings. The van der Waals surface area contributed by atoms with Gasteiger partial charge in [-0.15, -0.1) is 0 Å². The third-order valence-corrected chi connectivity index (χ3v) is 1.16. The maximum absolute atomic E-state index is 8.43. The smallest absolute Gasteiger partial charge is 0.250 e. The van der Waals surface area contributed by atoms with Crippen LogP contribution in [0.25, 0.3) is 0 Å². The van der Waals surface area contributed by atoms with Gasteiger partial charge in [0, 0.05) is 13.7 Å². The first-order valence-electron chi connectivity index (χ1n) is 2.63. The van der Waals surface area contributed by atoms with E-state index in [9.17, 15) is 0 Å². The van der Waals surface area contributed by atoms with Gasteiger partial charge in [0.1, 0.15) is 0 Å². The number of rotatable bonds is 5. The minimum absolute atomic E-state index is 0.465. The van der Waals surface area contributed by atoms with Crippen molar-refractivity contribution in [1.29, 1.82) is 0 Å². The Hall–Kier alpha value is 0.270. The summed E-state index contributed by atoms with van der Waals surface area (Å²) in [6, 6.07) is 0. The Morgan fingerprint density at radius 3 is 2.67 bits per heavy atom. The zero-order chi connectivity index (χ0) is 7.11. The van der Waals surface area contributed by atoms with Gasteiger partial charge in [-0.25, -0.2) is 0 Å². The van der Waals surface area contributed by atoms with Crippen molar-refractivity contribution >= 4 is 8.53 Å². The largest absolute Gasteiger partial charge is 0.385 e. The van der Waals surface area contributed by atoms with Gasteiger partial charge >= 0.3 is 0 Å². The van der Waals surface area contributed by atoms with E-state index in [1.807, 2.05) is 0 Å². The van der Waals surface area contributed by atoms with Crippen molar-refractivity contribution in [3.05, 3.63) is 0 Å². The molecule has 1 atom stereocenters. The van der Waals surface area contributed by atoms with Gasteiger partial charge in [-0.3, -0.25) is 5.50 Å². The van der Waals surface area contributed by atoms with Crippen LogP contribution >= 0.6 is 8.53 Å². The highest BCUT2D eigenvalue weighted by atomic mass is 31.2. The predicted molar refractivity (Wildman–Crippen MR) is 35.8 cm³/mol. The molecule has 0 amide bonds. The van der Waals surface area contributed by atoms with Gasteiger partial charge in [0.05, 0.1) is 6.61 Å². The summed E-state index contributed by atoms with van der Waals surface area (Å²) in [5.41, 5.74) is 4.93. The van der Waals surface area contributed by atoms with Gasteiger partial charge in [0.25, 0.3) is 0 Å². The molecule has 0 aromatic heterocycles. The molecule has 4 nitrogen and oxygen atoms in total. The van der Waals surface area contributed by atoms with Crippen molar-refractivity contribution in [3.63, 3.8) is 0 Å². The summed E-state index contributed by atoms with van der Waals surface area (Å²) in [6.45, 7) is 1.11. The zero-order valence-corrected chi connectivity index (χ0v) is 6.30. The Kier molecular flexibility index (Phi) is 6.58. The molecule has 0 aromatic carbocycles. The van der Waals surface area contributed by atoms with Crippen molar-refractivity contribution in [2.45, 2.75) is 6.42 Å². The Morgan fingerprint density at radius 2 is 2.22 bits per heavy atom.